The van der Waals surface area contributed by atoms with Gasteiger partial charge in [-0.1, -0.05) is 0 Å². The number of hydrogen-bond donors (Lipinski definition) is 2. The SMILES string of the molecule is OCCC(O)c1cc(F)cc(C(F)(F)F)c1. The molecule has 1 unspecified atom stereocenters. The first-order valence-electron chi connectivity index (χ1n) is 4.51. The van der Waals surface area contributed by atoms with Crippen molar-refractivity contribution in [3.05, 3.63) is 35.1 Å². The molecule has 90 valence electrons. The zero-order valence-electron chi connectivity index (χ0n) is 8.13. The highest BCUT2D eigenvalue weighted by atomic mass is 19.4. The van der Waals surface area contributed by atoms with Crippen LogP contribution < -0.4 is 0 Å². The van der Waals surface area contributed by atoms with Crippen LogP contribution in [0.2, 0.25) is 0 Å². The first kappa shape index (κ1) is 12.9. The number of halogens is 4. The molecule has 0 spiro atoms. The summed E-state index contributed by atoms with van der Waals surface area (Å²) in [5.74, 6) is -1.07. The van der Waals surface area contributed by atoms with E-state index in [1.807, 2.05) is 0 Å². The van der Waals surface area contributed by atoms with E-state index in [2.05, 4.69) is 0 Å². The van der Waals surface area contributed by atoms with Gasteiger partial charge >= 0.3 is 6.18 Å². The molecule has 16 heavy (non-hydrogen) atoms. The number of rotatable bonds is 3. The van der Waals surface area contributed by atoms with E-state index in [1.54, 1.807) is 0 Å². The molecule has 1 aromatic carbocycles. The van der Waals surface area contributed by atoms with E-state index in [9.17, 15) is 22.7 Å². The van der Waals surface area contributed by atoms with Gasteiger partial charge in [-0.25, -0.2) is 4.39 Å². The Morgan fingerprint density at radius 2 is 1.81 bits per heavy atom. The zero-order chi connectivity index (χ0) is 12.3. The fourth-order valence-corrected chi connectivity index (χ4v) is 1.26. The minimum absolute atomic E-state index is 0.138. The highest BCUT2D eigenvalue weighted by Crippen LogP contribution is 2.32. The number of hydrogen-bond acceptors (Lipinski definition) is 2. The van der Waals surface area contributed by atoms with Gasteiger partial charge in [-0.2, -0.15) is 13.2 Å². The van der Waals surface area contributed by atoms with E-state index >= 15 is 0 Å². The van der Waals surface area contributed by atoms with Crippen LogP contribution in [0.4, 0.5) is 17.6 Å². The topological polar surface area (TPSA) is 40.5 Å². The second kappa shape index (κ2) is 4.80. The molecular weight excluding hydrogens is 228 g/mol. The Morgan fingerprint density at radius 3 is 2.31 bits per heavy atom. The van der Waals surface area contributed by atoms with Crippen molar-refractivity contribution in [2.75, 3.05) is 6.61 Å². The van der Waals surface area contributed by atoms with Crippen LogP contribution in [0.5, 0.6) is 0 Å². The van der Waals surface area contributed by atoms with Gasteiger partial charge in [0.1, 0.15) is 5.82 Å². The van der Waals surface area contributed by atoms with Crippen LogP contribution in [0.15, 0.2) is 18.2 Å². The molecule has 2 nitrogen and oxygen atoms in total. The second-order valence-electron chi connectivity index (χ2n) is 3.30. The quantitative estimate of drug-likeness (QED) is 0.793. The maximum absolute atomic E-state index is 12.9. The van der Waals surface area contributed by atoms with Gasteiger partial charge in [0.25, 0.3) is 0 Å². The Morgan fingerprint density at radius 1 is 1.19 bits per heavy atom. The van der Waals surface area contributed by atoms with E-state index in [1.165, 1.54) is 0 Å². The summed E-state index contributed by atoms with van der Waals surface area (Å²) in [5, 5.41) is 17.9. The smallest absolute Gasteiger partial charge is 0.396 e. The van der Waals surface area contributed by atoms with E-state index in [-0.39, 0.29) is 18.6 Å². The van der Waals surface area contributed by atoms with Crippen molar-refractivity contribution in [1.29, 1.82) is 0 Å². The molecule has 0 bridgehead atoms. The Balaban J connectivity index is 3.08. The summed E-state index contributed by atoms with van der Waals surface area (Å²) in [6.07, 6.45) is -6.10. The van der Waals surface area contributed by atoms with Crippen molar-refractivity contribution < 1.29 is 27.8 Å². The van der Waals surface area contributed by atoms with Crippen LogP contribution in [0.1, 0.15) is 23.7 Å². The highest BCUT2D eigenvalue weighted by molar-refractivity contribution is 5.28. The lowest BCUT2D eigenvalue weighted by Crippen LogP contribution is -2.08. The third-order valence-electron chi connectivity index (χ3n) is 2.03. The molecule has 0 aliphatic rings. The van der Waals surface area contributed by atoms with Crippen LogP contribution in [-0.4, -0.2) is 16.8 Å². The summed E-state index contributed by atoms with van der Waals surface area (Å²) in [7, 11) is 0. The maximum Gasteiger partial charge on any atom is 0.416 e. The lowest BCUT2D eigenvalue weighted by Gasteiger charge is -2.13. The Bertz CT molecular complexity index is 362. The average Bonchev–Trinajstić information content (AvgIpc) is 2.16. The Labute approximate surface area is 89.1 Å². The predicted molar refractivity (Wildman–Crippen MR) is 48.1 cm³/mol. The van der Waals surface area contributed by atoms with Crippen molar-refractivity contribution >= 4 is 0 Å². The zero-order valence-corrected chi connectivity index (χ0v) is 8.13. The highest BCUT2D eigenvalue weighted by Gasteiger charge is 2.31. The monoisotopic (exact) mass is 238 g/mol. The first-order chi connectivity index (χ1) is 7.34. The predicted octanol–water partition coefficient (Wildman–Crippen LogP) is 2.26. The minimum atomic E-state index is -4.66. The third-order valence-corrected chi connectivity index (χ3v) is 2.03. The molecule has 0 aromatic heterocycles. The first-order valence-corrected chi connectivity index (χ1v) is 4.51. The molecule has 0 aliphatic heterocycles. The van der Waals surface area contributed by atoms with Gasteiger partial charge in [0.15, 0.2) is 0 Å². The third kappa shape index (κ3) is 3.18. The second-order valence-corrected chi connectivity index (χ2v) is 3.30. The number of aliphatic hydroxyl groups is 2. The summed E-state index contributed by atoms with van der Waals surface area (Å²) < 4.78 is 49.8. The molecule has 1 aromatic rings. The van der Waals surface area contributed by atoms with E-state index < -0.39 is 23.7 Å². The molecule has 0 heterocycles. The molecular formula is C10H10F4O2. The average molecular weight is 238 g/mol. The van der Waals surface area contributed by atoms with Crippen LogP contribution in [0.25, 0.3) is 0 Å². The molecule has 1 atom stereocenters. The molecule has 0 saturated carbocycles. The van der Waals surface area contributed by atoms with E-state index in [4.69, 9.17) is 5.11 Å². The molecule has 0 fully saturated rings. The maximum atomic E-state index is 12.9. The van der Waals surface area contributed by atoms with Crippen molar-refractivity contribution in [2.45, 2.75) is 18.7 Å². The molecule has 1 rings (SSSR count). The molecule has 0 saturated heterocycles. The normalized spacial score (nSPS) is 13.9. The minimum Gasteiger partial charge on any atom is -0.396 e. The van der Waals surface area contributed by atoms with Crippen LogP contribution >= 0.6 is 0 Å². The van der Waals surface area contributed by atoms with Gasteiger partial charge in [0.05, 0.1) is 11.7 Å². The summed E-state index contributed by atoms with van der Waals surface area (Å²) >= 11 is 0. The standard InChI is InChI=1S/C10H10F4O2/c11-8-4-6(9(16)1-2-15)3-7(5-8)10(12,13)14/h3-5,9,15-16H,1-2H2. The van der Waals surface area contributed by atoms with Gasteiger partial charge < -0.3 is 10.2 Å². The summed E-state index contributed by atoms with van der Waals surface area (Å²) in [5.41, 5.74) is -1.35. The molecule has 0 radical (unpaired) electrons. The van der Waals surface area contributed by atoms with Crippen LogP contribution in [0, 0.1) is 5.82 Å². The van der Waals surface area contributed by atoms with Gasteiger partial charge in [-0.05, 0) is 23.8 Å². The van der Waals surface area contributed by atoms with Gasteiger partial charge in [0, 0.05) is 13.0 Å². The Hall–Kier alpha value is -1.14. The molecule has 0 amide bonds. The Kier molecular flexibility index (Phi) is 3.88. The van der Waals surface area contributed by atoms with Crippen molar-refractivity contribution in [1.82, 2.24) is 0 Å². The summed E-state index contributed by atoms with van der Waals surface area (Å²) in [6, 6.07) is 1.84. The fourth-order valence-electron chi connectivity index (χ4n) is 1.26. The lowest BCUT2D eigenvalue weighted by atomic mass is 10.0. The fraction of sp³-hybridized carbons (Fsp3) is 0.400. The molecule has 0 aliphatic carbocycles. The number of alkyl halides is 3. The van der Waals surface area contributed by atoms with Gasteiger partial charge in [-0.3, -0.25) is 0 Å². The van der Waals surface area contributed by atoms with Crippen LogP contribution in [-0.2, 0) is 6.18 Å². The summed E-state index contributed by atoms with van der Waals surface area (Å²) in [6.45, 7) is -0.390. The van der Waals surface area contributed by atoms with Crippen LogP contribution in [0.3, 0.4) is 0 Å². The molecule has 2 N–H and O–H groups in total. The van der Waals surface area contributed by atoms with E-state index in [0.29, 0.717) is 12.1 Å². The van der Waals surface area contributed by atoms with Gasteiger partial charge in [-0.15, -0.1) is 0 Å². The van der Waals surface area contributed by atoms with Crippen molar-refractivity contribution in [2.24, 2.45) is 0 Å². The van der Waals surface area contributed by atoms with E-state index in [0.717, 1.165) is 6.07 Å². The summed E-state index contributed by atoms with van der Waals surface area (Å²) in [4.78, 5) is 0. The van der Waals surface area contributed by atoms with Crippen molar-refractivity contribution in [3.63, 3.8) is 0 Å². The number of benzene rings is 1. The number of aliphatic hydroxyl groups excluding tert-OH is 2. The molecule has 6 heteroatoms. The van der Waals surface area contributed by atoms with Gasteiger partial charge in [0.2, 0.25) is 0 Å². The largest absolute Gasteiger partial charge is 0.416 e. The van der Waals surface area contributed by atoms with Crippen molar-refractivity contribution in [3.8, 4) is 0 Å². The lowest BCUT2D eigenvalue weighted by molar-refractivity contribution is -0.137.